The maximum absolute atomic E-state index is 12.3. The lowest BCUT2D eigenvalue weighted by atomic mass is 9.91. The van der Waals surface area contributed by atoms with Gasteiger partial charge in [-0.2, -0.15) is 0 Å². The number of hydrogen-bond acceptors (Lipinski definition) is 3. The van der Waals surface area contributed by atoms with Gasteiger partial charge in [-0.15, -0.1) is 0 Å². The monoisotopic (exact) mass is 317 g/mol. The zero-order chi connectivity index (χ0) is 16.8. The van der Waals surface area contributed by atoms with Gasteiger partial charge in [0.15, 0.2) is 0 Å². The Hall–Kier alpha value is -1.88. The summed E-state index contributed by atoms with van der Waals surface area (Å²) in [5, 5.41) is 3.06. The number of nitrogens with two attached hydrogens (primary N) is 1. The van der Waals surface area contributed by atoms with Crippen molar-refractivity contribution in [2.75, 3.05) is 13.1 Å². The molecule has 23 heavy (non-hydrogen) atoms. The molecule has 3 N–H and O–H groups in total. The standard InChI is InChI=1S/C18H27N3O2/c1-3-21(4-2)18(23)14-7-5-13(6-8-14)17(22)20-16-11-9-15(19)10-12-16/h5-8,15-16H,3-4,9-12,19H2,1-2H3,(H,20,22). The van der Waals surface area contributed by atoms with E-state index in [1.165, 1.54) is 0 Å². The molecule has 0 unspecified atom stereocenters. The molecule has 0 heterocycles. The van der Waals surface area contributed by atoms with Gasteiger partial charge in [0.2, 0.25) is 0 Å². The lowest BCUT2D eigenvalue weighted by molar-refractivity contribution is 0.0772. The Morgan fingerprint density at radius 2 is 1.57 bits per heavy atom. The molecule has 5 nitrogen and oxygen atoms in total. The van der Waals surface area contributed by atoms with Crippen LogP contribution in [0, 0.1) is 0 Å². The van der Waals surface area contributed by atoms with Gasteiger partial charge in [-0.1, -0.05) is 0 Å². The van der Waals surface area contributed by atoms with Gasteiger partial charge < -0.3 is 16.0 Å². The van der Waals surface area contributed by atoms with Crippen LogP contribution >= 0.6 is 0 Å². The average Bonchev–Trinajstić information content (AvgIpc) is 2.58. The fraction of sp³-hybridized carbons (Fsp3) is 0.556. The van der Waals surface area contributed by atoms with E-state index < -0.39 is 0 Å². The van der Waals surface area contributed by atoms with Gasteiger partial charge in [-0.05, 0) is 63.8 Å². The maximum Gasteiger partial charge on any atom is 0.253 e. The largest absolute Gasteiger partial charge is 0.349 e. The van der Waals surface area contributed by atoms with E-state index in [0.717, 1.165) is 25.7 Å². The third kappa shape index (κ3) is 4.55. The highest BCUT2D eigenvalue weighted by atomic mass is 16.2. The van der Waals surface area contributed by atoms with E-state index in [1.54, 1.807) is 29.2 Å². The number of nitrogens with one attached hydrogen (secondary N) is 1. The minimum atomic E-state index is -0.0766. The van der Waals surface area contributed by atoms with Crippen LogP contribution in [0.2, 0.25) is 0 Å². The number of amides is 2. The predicted octanol–water partition coefficient (Wildman–Crippen LogP) is 2.17. The fourth-order valence-corrected chi connectivity index (χ4v) is 2.99. The third-order valence-electron chi connectivity index (χ3n) is 4.55. The molecule has 0 atom stereocenters. The molecular weight excluding hydrogens is 290 g/mol. The van der Waals surface area contributed by atoms with E-state index in [-0.39, 0.29) is 23.9 Å². The zero-order valence-corrected chi connectivity index (χ0v) is 14.0. The summed E-state index contributed by atoms with van der Waals surface area (Å²) < 4.78 is 0. The van der Waals surface area contributed by atoms with Crippen molar-refractivity contribution in [1.29, 1.82) is 0 Å². The Balaban J connectivity index is 1.96. The summed E-state index contributed by atoms with van der Waals surface area (Å²) in [6.45, 7) is 5.28. The highest BCUT2D eigenvalue weighted by Gasteiger charge is 2.20. The summed E-state index contributed by atoms with van der Waals surface area (Å²) in [5.74, 6) is -0.0736. The average molecular weight is 317 g/mol. The molecule has 0 radical (unpaired) electrons. The molecule has 2 amide bonds. The van der Waals surface area contributed by atoms with E-state index in [0.29, 0.717) is 24.2 Å². The summed E-state index contributed by atoms with van der Waals surface area (Å²) in [5.41, 5.74) is 7.10. The summed E-state index contributed by atoms with van der Waals surface area (Å²) in [7, 11) is 0. The molecule has 1 aliphatic rings. The molecule has 1 aromatic carbocycles. The van der Waals surface area contributed by atoms with E-state index in [1.807, 2.05) is 13.8 Å². The molecule has 5 heteroatoms. The predicted molar refractivity (Wildman–Crippen MR) is 91.4 cm³/mol. The Morgan fingerprint density at radius 1 is 1.04 bits per heavy atom. The highest BCUT2D eigenvalue weighted by molar-refractivity contribution is 5.97. The minimum absolute atomic E-state index is 0.00299. The topological polar surface area (TPSA) is 75.4 Å². The van der Waals surface area contributed by atoms with E-state index in [2.05, 4.69) is 5.32 Å². The second-order valence-corrected chi connectivity index (χ2v) is 6.14. The first-order chi connectivity index (χ1) is 11.0. The van der Waals surface area contributed by atoms with Crippen molar-refractivity contribution in [3.05, 3.63) is 35.4 Å². The van der Waals surface area contributed by atoms with Crippen molar-refractivity contribution >= 4 is 11.8 Å². The van der Waals surface area contributed by atoms with Gasteiger partial charge >= 0.3 is 0 Å². The van der Waals surface area contributed by atoms with Crippen molar-refractivity contribution < 1.29 is 9.59 Å². The Morgan fingerprint density at radius 3 is 2.09 bits per heavy atom. The molecule has 126 valence electrons. The molecule has 2 rings (SSSR count). The second kappa shape index (κ2) is 8.11. The maximum atomic E-state index is 12.3. The fourth-order valence-electron chi connectivity index (χ4n) is 2.99. The molecule has 1 aliphatic carbocycles. The van der Waals surface area contributed by atoms with Crippen molar-refractivity contribution in [2.45, 2.75) is 51.6 Å². The van der Waals surface area contributed by atoms with Gasteiger partial charge in [-0.25, -0.2) is 0 Å². The Bertz CT molecular complexity index is 530. The van der Waals surface area contributed by atoms with Crippen LogP contribution < -0.4 is 11.1 Å². The summed E-state index contributed by atoms with van der Waals surface area (Å²) in [6, 6.07) is 7.38. The molecule has 1 saturated carbocycles. The summed E-state index contributed by atoms with van der Waals surface area (Å²) in [6.07, 6.45) is 3.79. The van der Waals surface area contributed by atoms with Crippen molar-refractivity contribution in [3.8, 4) is 0 Å². The smallest absolute Gasteiger partial charge is 0.253 e. The van der Waals surface area contributed by atoms with Gasteiger partial charge in [0.05, 0.1) is 0 Å². The van der Waals surface area contributed by atoms with Crippen LogP contribution in [-0.2, 0) is 0 Å². The number of carbonyl (C=O) groups is 2. The van der Waals surface area contributed by atoms with Crippen LogP contribution in [0.4, 0.5) is 0 Å². The first-order valence-electron chi connectivity index (χ1n) is 8.50. The van der Waals surface area contributed by atoms with Crippen LogP contribution in [0.15, 0.2) is 24.3 Å². The van der Waals surface area contributed by atoms with Crippen LogP contribution in [0.25, 0.3) is 0 Å². The number of nitrogens with zero attached hydrogens (tertiary/aromatic N) is 1. The van der Waals surface area contributed by atoms with Crippen LogP contribution in [0.1, 0.15) is 60.2 Å². The molecule has 1 aromatic rings. The van der Waals surface area contributed by atoms with Crippen molar-refractivity contribution in [1.82, 2.24) is 10.2 Å². The van der Waals surface area contributed by atoms with Gasteiger partial charge in [0.1, 0.15) is 0 Å². The van der Waals surface area contributed by atoms with Crippen molar-refractivity contribution in [2.24, 2.45) is 5.73 Å². The van der Waals surface area contributed by atoms with E-state index >= 15 is 0 Å². The van der Waals surface area contributed by atoms with Gasteiger partial charge in [-0.3, -0.25) is 9.59 Å². The van der Waals surface area contributed by atoms with Crippen LogP contribution in [-0.4, -0.2) is 41.9 Å². The number of carbonyl (C=O) groups excluding carboxylic acids is 2. The van der Waals surface area contributed by atoms with Crippen LogP contribution in [0.3, 0.4) is 0 Å². The number of rotatable bonds is 5. The minimum Gasteiger partial charge on any atom is -0.349 e. The lowest BCUT2D eigenvalue weighted by Crippen LogP contribution is -2.40. The first kappa shape index (κ1) is 17.5. The summed E-state index contributed by atoms with van der Waals surface area (Å²) in [4.78, 5) is 26.3. The highest BCUT2D eigenvalue weighted by Crippen LogP contribution is 2.17. The second-order valence-electron chi connectivity index (χ2n) is 6.14. The SMILES string of the molecule is CCN(CC)C(=O)c1ccc(C(=O)NC2CCC(N)CC2)cc1. The quantitative estimate of drug-likeness (QED) is 0.874. The molecule has 0 aliphatic heterocycles. The first-order valence-corrected chi connectivity index (χ1v) is 8.50. The lowest BCUT2D eigenvalue weighted by Gasteiger charge is -2.26. The van der Waals surface area contributed by atoms with Crippen LogP contribution in [0.5, 0.6) is 0 Å². The number of benzene rings is 1. The summed E-state index contributed by atoms with van der Waals surface area (Å²) >= 11 is 0. The Labute approximate surface area is 138 Å². The molecule has 0 saturated heterocycles. The van der Waals surface area contributed by atoms with Crippen molar-refractivity contribution in [3.63, 3.8) is 0 Å². The Kier molecular flexibility index (Phi) is 6.16. The molecule has 1 fully saturated rings. The molecule has 0 aromatic heterocycles. The molecular formula is C18H27N3O2. The molecule has 0 spiro atoms. The van der Waals surface area contributed by atoms with E-state index in [4.69, 9.17) is 5.73 Å². The van der Waals surface area contributed by atoms with E-state index in [9.17, 15) is 9.59 Å². The number of hydrogen-bond donors (Lipinski definition) is 2. The molecule has 0 bridgehead atoms. The van der Waals surface area contributed by atoms with Gasteiger partial charge in [0, 0.05) is 36.3 Å². The third-order valence-corrected chi connectivity index (χ3v) is 4.55. The normalized spacial score (nSPS) is 20.8. The zero-order valence-electron chi connectivity index (χ0n) is 14.0. The van der Waals surface area contributed by atoms with Gasteiger partial charge in [0.25, 0.3) is 11.8 Å².